The largest absolute Gasteiger partial charge is 0.389 e. The number of hydrogen-bond acceptors (Lipinski definition) is 1. The van der Waals surface area contributed by atoms with Gasteiger partial charge in [-0.3, -0.25) is 0 Å². The second kappa shape index (κ2) is 5.91. The summed E-state index contributed by atoms with van der Waals surface area (Å²) in [6, 6.07) is 2.04. The minimum atomic E-state index is -4.20. The lowest BCUT2D eigenvalue weighted by molar-refractivity contribution is -0.129. The molecule has 0 saturated carbocycles. The van der Waals surface area contributed by atoms with Crippen LogP contribution in [0.15, 0.2) is 12.1 Å². The lowest BCUT2D eigenvalue weighted by Gasteiger charge is -2.06. The molecule has 0 saturated heterocycles. The summed E-state index contributed by atoms with van der Waals surface area (Å²) in [6.45, 7) is 0. The van der Waals surface area contributed by atoms with Gasteiger partial charge in [-0.15, -0.1) is 0 Å². The third kappa shape index (κ3) is 5.12. The van der Waals surface area contributed by atoms with Gasteiger partial charge in [-0.25, -0.2) is 8.78 Å². The third-order valence-corrected chi connectivity index (χ3v) is 3.23. The lowest BCUT2D eigenvalue weighted by Crippen LogP contribution is -2.08. The minimum Gasteiger partial charge on any atom is -0.205 e. The molecular formula is C10H8ClF5S. The molecule has 0 aliphatic heterocycles. The number of thioether (sulfide) groups is 1. The summed E-state index contributed by atoms with van der Waals surface area (Å²) in [5.74, 6) is -1.84. The van der Waals surface area contributed by atoms with Gasteiger partial charge in [0, 0.05) is 11.5 Å². The van der Waals surface area contributed by atoms with E-state index in [0.29, 0.717) is 0 Å². The zero-order valence-corrected chi connectivity index (χ0v) is 10.0. The standard InChI is InChI=1S/C10H8ClF5S/c11-9-7(12)3-6(4-8(9)13)5-17-2-1-10(14,15)16/h3-4H,1-2,5H2. The lowest BCUT2D eigenvalue weighted by atomic mass is 10.2. The van der Waals surface area contributed by atoms with Crippen LogP contribution in [-0.4, -0.2) is 11.9 Å². The van der Waals surface area contributed by atoms with Crippen LogP contribution in [-0.2, 0) is 5.75 Å². The smallest absolute Gasteiger partial charge is 0.205 e. The molecule has 0 atom stereocenters. The van der Waals surface area contributed by atoms with Crippen molar-refractivity contribution in [3.05, 3.63) is 34.4 Å². The Morgan fingerprint density at radius 3 is 2.12 bits per heavy atom. The zero-order chi connectivity index (χ0) is 13.1. The van der Waals surface area contributed by atoms with Crippen LogP contribution >= 0.6 is 23.4 Å². The Kier molecular flexibility index (Phi) is 5.06. The second-order valence-electron chi connectivity index (χ2n) is 3.29. The van der Waals surface area contributed by atoms with Crippen molar-refractivity contribution >= 4 is 23.4 Å². The molecule has 1 aromatic carbocycles. The van der Waals surface area contributed by atoms with Gasteiger partial charge < -0.3 is 0 Å². The van der Waals surface area contributed by atoms with E-state index in [-0.39, 0.29) is 17.1 Å². The van der Waals surface area contributed by atoms with Gasteiger partial charge in [0.2, 0.25) is 0 Å². The van der Waals surface area contributed by atoms with Crippen LogP contribution in [0.1, 0.15) is 12.0 Å². The molecule has 0 bridgehead atoms. The molecule has 1 rings (SSSR count). The van der Waals surface area contributed by atoms with Crippen molar-refractivity contribution in [2.24, 2.45) is 0 Å². The fourth-order valence-electron chi connectivity index (χ4n) is 1.07. The van der Waals surface area contributed by atoms with Gasteiger partial charge in [0.15, 0.2) is 0 Å². The molecule has 0 amide bonds. The Bertz CT molecular complexity index is 368. The maximum absolute atomic E-state index is 13.0. The van der Waals surface area contributed by atoms with Crippen molar-refractivity contribution in [2.45, 2.75) is 18.3 Å². The first-order valence-electron chi connectivity index (χ1n) is 4.57. The van der Waals surface area contributed by atoms with Crippen LogP contribution in [0, 0.1) is 11.6 Å². The molecule has 0 nitrogen and oxygen atoms in total. The van der Waals surface area contributed by atoms with Crippen molar-refractivity contribution < 1.29 is 22.0 Å². The van der Waals surface area contributed by atoms with E-state index in [1.54, 1.807) is 0 Å². The number of rotatable bonds is 4. The van der Waals surface area contributed by atoms with Crippen LogP contribution < -0.4 is 0 Å². The molecule has 96 valence electrons. The van der Waals surface area contributed by atoms with Crippen LogP contribution in [0.25, 0.3) is 0 Å². The van der Waals surface area contributed by atoms with Crippen LogP contribution in [0.5, 0.6) is 0 Å². The molecule has 0 aliphatic carbocycles. The summed E-state index contributed by atoms with van der Waals surface area (Å²) in [7, 11) is 0. The van der Waals surface area contributed by atoms with Gasteiger partial charge in [-0.05, 0) is 17.7 Å². The summed E-state index contributed by atoms with van der Waals surface area (Å²) in [5.41, 5.74) is 0.275. The predicted molar refractivity (Wildman–Crippen MR) is 58.2 cm³/mol. The van der Waals surface area contributed by atoms with Crippen molar-refractivity contribution in [1.29, 1.82) is 0 Å². The van der Waals surface area contributed by atoms with Gasteiger partial charge in [0.1, 0.15) is 16.7 Å². The van der Waals surface area contributed by atoms with E-state index in [4.69, 9.17) is 11.6 Å². The Balaban J connectivity index is 2.48. The maximum Gasteiger partial charge on any atom is 0.389 e. The van der Waals surface area contributed by atoms with Crippen molar-refractivity contribution in [1.82, 2.24) is 0 Å². The highest BCUT2D eigenvalue weighted by Gasteiger charge is 2.26. The van der Waals surface area contributed by atoms with E-state index in [1.165, 1.54) is 0 Å². The molecule has 0 heterocycles. The molecule has 0 radical (unpaired) electrons. The molecule has 0 spiro atoms. The Morgan fingerprint density at radius 2 is 1.65 bits per heavy atom. The molecule has 0 N–H and O–H groups in total. The van der Waals surface area contributed by atoms with E-state index in [2.05, 4.69) is 0 Å². The van der Waals surface area contributed by atoms with Gasteiger partial charge >= 0.3 is 6.18 Å². The molecule has 0 aliphatic rings. The highest BCUT2D eigenvalue weighted by Crippen LogP contribution is 2.26. The van der Waals surface area contributed by atoms with E-state index in [9.17, 15) is 22.0 Å². The third-order valence-electron chi connectivity index (χ3n) is 1.84. The summed E-state index contributed by atoms with van der Waals surface area (Å²) >= 11 is 6.23. The molecule has 0 fully saturated rings. The van der Waals surface area contributed by atoms with Crippen molar-refractivity contribution in [2.75, 3.05) is 5.75 Å². The number of alkyl halides is 3. The van der Waals surface area contributed by atoms with Gasteiger partial charge in [0.25, 0.3) is 0 Å². The summed E-state index contributed by atoms with van der Waals surface area (Å²) in [4.78, 5) is 0. The Labute approximate surface area is 104 Å². The highest BCUT2D eigenvalue weighted by molar-refractivity contribution is 7.98. The van der Waals surface area contributed by atoms with E-state index in [1.807, 2.05) is 0 Å². The summed E-state index contributed by atoms with van der Waals surface area (Å²) in [5, 5.41) is -0.603. The first kappa shape index (κ1) is 14.6. The number of benzene rings is 1. The second-order valence-corrected chi connectivity index (χ2v) is 4.77. The Morgan fingerprint density at radius 1 is 1.12 bits per heavy atom. The van der Waals surface area contributed by atoms with Crippen LogP contribution in [0.4, 0.5) is 22.0 Å². The highest BCUT2D eigenvalue weighted by atomic mass is 35.5. The van der Waals surface area contributed by atoms with Gasteiger partial charge in [-0.2, -0.15) is 24.9 Å². The molecule has 7 heteroatoms. The molecular weight excluding hydrogens is 283 g/mol. The van der Waals surface area contributed by atoms with E-state index >= 15 is 0 Å². The molecule has 0 aromatic heterocycles. The first-order valence-corrected chi connectivity index (χ1v) is 6.11. The zero-order valence-electron chi connectivity index (χ0n) is 8.45. The van der Waals surface area contributed by atoms with Gasteiger partial charge in [0.05, 0.1) is 6.42 Å². The summed E-state index contributed by atoms with van der Waals surface area (Å²) in [6.07, 6.45) is -5.13. The quantitative estimate of drug-likeness (QED) is 0.436. The van der Waals surface area contributed by atoms with E-state index < -0.39 is 29.3 Å². The maximum atomic E-state index is 13.0. The van der Waals surface area contributed by atoms with Crippen molar-refractivity contribution in [3.63, 3.8) is 0 Å². The fraction of sp³-hybridized carbons (Fsp3) is 0.400. The van der Waals surface area contributed by atoms with Gasteiger partial charge in [-0.1, -0.05) is 11.6 Å². The molecule has 0 unspecified atom stereocenters. The SMILES string of the molecule is Fc1cc(CSCCC(F)(F)F)cc(F)c1Cl. The van der Waals surface area contributed by atoms with Crippen molar-refractivity contribution in [3.8, 4) is 0 Å². The average molecular weight is 291 g/mol. The van der Waals surface area contributed by atoms with E-state index in [0.717, 1.165) is 23.9 Å². The Hall–Kier alpha value is -0.490. The monoisotopic (exact) mass is 290 g/mol. The number of halogens is 6. The summed E-state index contributed by atoms with van der Waals surface area (Å²) < 4.78 is 61.4. The average Bonchev–Trinajstić information content (AvgIpc) is 2.19. The van der Waals surface area contributed by atoms with Crippen LogP contribution in [0.3, 0.4) is 0 Å². The fourth-order valence-corrected chi connectivity index (χ4v) is 2.10. The first-order chi connectivity index (χ1) is 7.79. The predicted octanol–water partition coefficient (Wildman–Crippen LogP) is 4.80. The molecule has 17 heavy (non-hydrogen) atoms. The molecule has 1 aromatic rings. The number of hydrogen-bond donors (Lipinski definition) is 0. The van der Waals surface area contributed by atoms with Crippen LogP contribution in [0.2, 0.25) is 5.02 Å². The normalized spacial score (nSPS) is 11.9. The minimum absolute atomic E-state index is 0.112. The topological polar surface area (TPSA) is 0 Å².